The first-order valence-electron chi connectivity index (χ1n) is 5.78. The molecule has 7 heteroatoms. The number of ether oxygens (including phenoxy) is 2. The van der Waals surface area contributed by atoms with E-state index < -0.39 is 23.4 Å². The topological polar surface area (TPSA) is 47.6 Å². The average molecular weight is 291 g/mol. The summed E-state index contributed by atoms with van der Waals surface area (Å²) in [6.07, 6.45) is -5.56. The lowest BCUT2D eigenvalue weighted by atomic mass is 10.1. The number of carbonyl (C=O) groups excluding carboxylic acids is 1. The third-order valence-corrected chi connectivity index (χ3v) is 2.17. The fourth-order valence-corrected chi connectivity index (χ4v) is 1.41. The molecular weight excluding hydrogens is 275 g/mol. The summed E-state index contributed by atoms with van der Waals surface area (Å²) in [7, 11) is 1.26. The van der Waals surface area contributed by atoms with Crippen LogP contribution in [0.5, 0.6) is 5.75 Å². The van der Waals surface area contributed by atoms with Gasteiger partial charge in [-0.1, -0.05) is 0 Å². The maximum absolute atomic E-state index is 12.9. The van der Waals surface area contributed by atoms with E-state index in [-0.39, 0.29) is 11.4 Å². The van der Waals surface area contributed by atoms with Gasteiger partial charge in [-0.2, -0.15) is 13.2 Å². The number of nitrogens with one attached hydrogen (secondary N) is 1. The van der Waals surface area contributed by atoms with Crippen LogP contribution in [-0.4, -0.2) is 18.8 Å². The molecule has 0 aliphatic heterocycles. The predicted molar refractivity (Wildman–Crippen MR) is 67.9 cm³/mol. The van der Waals surface area contributed by atoms with Gasteiger partial charge in [0.25, 0.3) is 0 Å². The third kappa shape index (κ3) is 4.64. The third-order valence-electron chi connectivity index (χ3n) is 2.17. The van der Waals surface area contributed by atoms with Crippen molar-refractivity contribution in [3.63, 3.8) is 0 Å². The number of rotatable bonds is 2. The Labute approximate surface area is 114 Å². The van der Waals surface area contributed by atoms with E-state index in [9.17, 15) is 18.0 Å². The Bertz CT molecular complexity index is 493. The molecule has 0 saturated heterocycles. The van der Waals surface area contributed by atoms with Crippen molar-refractivity contribution in [3.05, 3.63) is 23.8 Å². The SMILES string of the molecule is COc1ccc(NC(=O)OC(C)(C)C)c(C(F)(F)F)c1. The summed E-state index contributed by atoms with van der Waals surface area (Å²) in [6, 6.07) is 3.25. The monoisotopic (exact) mass is 291 g/mol. The lowest BCUT2D eigenvalue weighted by Gasteiger charge is -2.21. The van der Waals surface area contributed by atoms with Crippen molar-refractivity contribution in [3.8, 4) is 5.75 Å². The number of hydrogen-bond donors (Lipinski definition) is 1. The number of halogens is 3. The maximum atomic E-state index is 12.9. The van der Waals surface area contributed by atoms with Crippen LogP contribution in [-0.2, 0) is 10.9 Å². The van der Waals surface area contributed by atoms with Crippen LogP contribution in [0.15, 0.2) is 18.2 Å². The fourth-order valence-electron chi connectivity index (χ4n) is 1.41. The molecule has 1 aromatic carbocycles. The van der Waals surface area contributed by atoms with Crippen molar-refractivity contribution < 1.29 is 27.4 Å². The van der Waals surface area contributed by atoms with Gasteiger partial charge in [0.05, 0.1) is 18.4 Å². The summed E-state index contributed by atoms with van der Waals surface area (Å²) in [5.74, 6) is 0.0482. The highest BCUT2D eigenvalue weighted by molar-refractivity contribution is 5.86. The smallest absolute Gasteiger partial charge is 0.418 e. The van der Waals surface area contributed by atoms with Crippen molar-refractivity contribution in [1.29, 1.82) is 0 Å². The van der Waals surface area contributed by atoms with Gasteiger partial charge in [-0.3, -0.25) is 5.32 Å². The molecule has 0 aliphatic carbocycles. The highest BCUT2D eigenvalue weighted by Crippen LogP contribution is 2.37. The Morgan fingerprint density at radius 2 is 1.80 bits per heavy atom. The van der Waals surface area contributed by atoms with Gasteiger partial charge < -0.3 is 9.47 Å². The first-order chi connectivity index (χ1) is 9.03. The van der Waals surface area contributed by atoms with E-state index in [1.54, 1.807) is 20.8 Å². The second kappa shape index (κ2) is 5.60. The van der Waals surface area contributed by atoms with Crippen LogP contribution in [0.2, 0.25) is 0 Å². The van der Waals surface area contributed by atoms with Crippen molar-refractivity contribution in [2.45, 2.75) is 32.5 Å². The van der Waals surface area contributed by atoms with Crippen molar-refractivity contribution in [2.24, 2.45) is 0 Å². The number of amides is 1. The molecule has 0 heterocycles. The molecule has 112 valence electrons. The summed E-state index contributed by atoms with van der Waals surface area (Å²) in [5, 5.41) is 2.09. The number of benzene rings is 1. The zero-order valence-corrected chi connectivity index (χ0v) is 11.6. The van der Waals surface area contributed by atoms with Crippen molar-refractivity contribution in [2.75, 3.05) is 12.4 Å². The van der Waals surface area contributed by atoms with Crippen LogP contribution < -0.4 is 10.1 Å². The number of anilines is 1. The first-order valence-corrected chi connectivity index (χ1v) is 5.78. The van der Waals surface area contributed by atoms with E-state index in [4.69, 9.17) is 9.47 Å². The summed E-state index contributed by atoms with van der Waals surface area (Å²) in [6.45, 7) is 4.85. The molecule has 0 fully saturated rings. The molecular formula is C13H16F3NO3. The molecule has 1 aromatic rings. The minimum atomic E-state index is -4.61. The summed E-state index contributed by atoms with van der Waals surface area (Å²) in [5.41, 5.74) is -2.18. The minimum Gasteiger partial charge on any atom is -0.497 e. The molecule has 1 rings (SSSR count). The van der Waals surface area contributed by atoms with Gasteiger partial charge in [-0.15, -0.1) is 0 Å². The molecule has 0 spiro atoms. The first kappa shape index (κ1) is 16.1. The number of hydrogen-bond acceptors (Lipinski definition) is 3. The Morgan fingerprint density at radius 1 is 1.20 bits per heavy atom. The Kier molecular flexibility index (Phi) is 4.52. The molecule has 0 bridgehead atoms. The maximum Gasteiger partial charge on any atom is 0.418 e. The van der Waals surface area contributed by atoms with Crippen molar-refractivity contribution in [1.82, 2.24) is 0 Å². The van der Waals surface area contributed by atoms with Crippen LogP contribution in [0.3, 0.4) is 0 Å². The van der Waals surface area contributed by atoms with E-state index in [1.807, 2.05) is 0 Å². The van der Waals surface area contributed by atoms with Gasteiger partial charge in [0.1, 0.15) is 11.4 Å². The fraction of sp³-hybridized carbons (Fsp3) is 0.462. The van der Waals surface area contributed by atoms with Crippen LogP contribution in [0.25, 0.3) is 0 Å². The Balaban J connectivity index is 3.03. The van der Waals surface area contributed by atoms with E-state index in [2.05, 4.69) is 5.32 Å². The Morgan fingerprint density at radius 3 is 2.25 bits per heavy atom. The second-order valence-electron chi connectivity index (χ2n) is 5.04. The zero-order valence-electron chi connectivity index (χ0n) is 11.6. The Hall–Kier alpha value is -1.92. The number of methoxy groups -OCH3 is 1. The zero-order chi connectivity index (χ0) is 15.6. The summed E-state index contributed by atoms with van der Waals surface area (Å²) in [4.78, 5) is 11.5. The number of alkyl halides is 3. The standard InChI is InChI=1S/C13H16F3NO3/c1-12(2,3)20-11(18)17-10-6-5-8(19-4)7-9(10)13(14,15)16/h5-7H,1-4H3,(H,17,18). The lowest BCUT2D eigenvalue weighted by molar-refractivity contribution is -0.137. The molecule has 0 radical (unpaired) electrons. The van der Waals surface area contributed by atoms with Crippen LogP contribution in [0, 0.1) is 0 Å². The van der Waals surface area contributed by atoms with E-state index in [1.165, 1.54) is 13.2 Å². The van der Waals surface area contributed by atoms with Gasteiger partial charge in [0, 0.05) is 0 Å². The highest BCUT2D eigenvalue weighted by Gasteiger charge is 2.34. The van der Waals surface area contributed by atoms with Crippen LogP contribution in [0.4, 0.5) is 23.7 Å². The lowest BCUT2D eigenvalue weighted by Crippen LogP contribution is -2.28. The van der Waals surface area contributed by atoms with Gasteiger partial charge in [0.15, 0.2) is 0 Å². The van der Waals surface area contributed by atoms with Gasteiger partial charge >= 0.3 is 12.3 Å². The van der Waals surface area contributed by atoms with Gasteiger partial charge in [0.2, 0.25) is 0 Å². The second-order valence-corrected chi connectivity index (χ2v) is 5.04. The molecule has 1 amide bonds. The summed E-state index contributed by atoms with van der Waals surface area (Å²) >= 11 is 0. The molecule has 0 unspecified atom stereocenters. The average Bonchev–Trinajstić information content (AvgIpc) is 2.25. The van der Waals surface area contributed by atoms with Crippen LogP contribution in [0.1, 0.15) is 26.3 Å². The highest BCUT2D eigenvalue weighted by atomic mass is 19.4. The quantitative estimate of drug-likeness (QED) is 0.893. The molecule has 1 N–H and O–H groups in total. The van der Waals surface area contributed by atoms with Crippen molar-refractivity contribution >= 4 is 11.8 Å². The predicted octanol–water partition coefficient (Wildman–Crippen LogP) is 4.06. The van der Waals surface area contributed by atoms with E-state index >= 15 is 0 Å². The van der Waals surface area contributed by atoms with E-state index in [0.29, 0.717) is 0 Å². The molecule has 0 aromatic heterocycles. The summed E-state index contributed by atoms with van der Waals surface area (Å²) < 4.78 is 48.4. The van der Waals surface area contributed by atoms with Gasteiger partial charge in [-0.25, -0.2) is 4.79 Å². The van der Waals surface area contributed by atoms with Crippen LogP contribution >= 0.6 is 0 Å². The molecule has 0 saturated carbocycles. The molecule has 0 atom stereocenters. The van der Waals surface area contributed by atoms with Gasteiger partial charge in [-0.05, 0) is 39.0 Å². The number of carbonyl (C=O) groups is 1. The molecule has 0 aliphatic rings. The van der Waals surface area contributed by atoms with E-state index in [0.717, 1.165) is 12.1 Å². The largest absolute Gasteiger partial charge is 0.497 e. The normalized spacial score (nSPS) is 11.9. The molecule has 4 nitrogen and oxygen atoms in total. The molecule has 20 heavy (non-hydrogen) atoms. The minimum absolute atomic E-state index is 0.0482.